The van der Waals surface area contributed by atoms with Crippen LogP contribution in [0.25, 0.3) is 11.4 Å². The fourth-order valence-corrected chi connectivity index (χ4v) is 3.33. The summed E-state index contributed by atoms with van der Waals surface area (Å²) >= 11 is 1.43. The molecule has 2 aromatic carbocycles. The molecule has 2 heterocycles. The van der Waals surface area contributed by atoms with Crippen LogP contribution < -0.4 is 10.1 Å². The number of carbonyl (C=O) groups excluding carboxylic acids is 1. The predicted molar refractivity (Wildman–Crippen MR) is 113 cm³/mol. The van der Waals surface area contributed by atoms with Crippen LogP contribution in [0.3, 0.4) is 0 Å². The van der Waals surface area contributed by atoms with Crippen LogP contribution >= 0.6 is 11.3 Å². The number of non-ortho nitro benzene ring substituents is 1. The number of nitro groups is 1. The van der Waals surface area contributed by atoms with Crippen molar-refractivity contribution in [1.82, 2.24) is 9.97 Å². The SMILES string of the molecule is O=C(Oc1cccc(Nc2nc(-c3ccccn3)cs2)c1)c1ccc([N+](=O)[O-])cc1. The minimum absolute atomic E-state index is 0.0914. The Balaban J connectivity index is 1.44. The Morgan fingerprint density at radius 3 is 2.60 bits per heavy atom. The molecule has 0 saturated heterocycles. The number of aromatic nitrogens is 2. The first-order chi connectivity index (χ1) is 14.6. The van der Waals surface area contributed by atoms with Gasteiger partial charge in [0.05, 0.1) is 16.2 Å². The summed E-state index contributed by atoms with van der Waals surface area (Å²) in [5.74, 6) is -0.265. The summed E-state index contributed by atoms with van der Waals surface area (Å²) in [5.41, 5.74) is 2.38. The molecule has 30 heavy (non-hydrogen) atoms. The standard InChI is InChI=1S/C21H14N4O4S/c26-20(14-7-9-16(10-8-14)25(27)28)29-17-5-3-4-15(12-17)23-21-24-19(13-30-21)18-6-1-2-11-22-18/h1-13H,(H,23,24). The van der Waals surface area contributed by atoms with Gasteiger partial charge in [0.15, 0.2) is 5.13 Å². The topological polar surface area (TPSA) is 107 Å². The zero-order valence-electron chi connectivity index (χ0n) is 15.4. The number of nitrogens with one attached hydrogen (secondary N) is 1. The molecule has 0 bridgehead atoms. The maximum absolute atomic E-state index is 12.3. The Morgan fingerprint density at radius 2 is 1.87 bits per heavy atom. The van der Waals surface area contributed by atoms with Crippen LogP contribution in [0.15, 0.2) is 78.3 Å². The van der Waals surface area contributed by atoms with Crippen LogP contribution in [-0.4, -0.2) is 20.9 Å². The molecule has 0 aliphatic rings. The predicted octanol–water partition coefficient (Wildman–Crippen LogP) is 5.08. The lowest BCUT2D eigenvalue weighted by Crippen LogP contribution is -2.08. The molecule has 0 atom stereocenters. The molecule has 0 saturated carbocycles. The minimum Gasteiger partial charge on any atom is -0.423 e. The smallest absolute Gasteiger partial charge is 0.343 e. The number of pyridine rings is 1. The van der Waals surface area contributed by atoms with Crippen LogP contribution in [0.5, 0.6) is 5.75 Å². The van der Waals surface area contributed by atoms with Gasteiger partial charge in [0.2, 0.25) is 0 Å². The van der Waals surface area contributed by atoms with Gasteiger partial charge in [0.1, 0.15) is 11.4 Å². The molecule has 0 amide bonds. The monoisotopic (exact) mass is 418 g/mol. The average Bonchev–Trinajstić information content (AvgIpc) is 3.23. The van der Waals surface area contributed by atoms with E-state index in [0.29, 0.717) is 16.6 Å². The Kier molecular flexibility index (Phi) is 5.44. The molecular formula is C21H14N4O4S. The summed E-state index contributed by atoms with van der Waals surface area (Å²) in [4.78, 5) is 31.3. The highest BCUT2D eigenvalue weighted by molar-refractivity contribution is 7.14. The highest BCUT2D eigenvalue weighted by Crippen LogP contribution is 2.27. The van der Waals surface area contributed by atoms with Crippen molar-refractivity contribution in [3.05, 3.63) is 94.0 Å². The summed E-state index contributed by atoms with van der Waals surface area (Å²) in [6, 6.07) is 17.8. The second kappa shape index (κ2) is 8.50. The van der Waals surface area contributed by atoms with E-state index in [4.69, 9.17) is 4.74 Å². The van der Waals surface area contributed by atoms with E-state index < -0.39 is 10.9 Å². The van der Waals surface area contributed by atoms with Gasteiger partial charge in [-0.1, -0.05) is 12.1 Å². The summed E-state index contributed by atoms with van der Waals surface area (Å²) in [5, 5.41) is 16.5. The largest absolute Gasteiger partial charge is 0.423 e. The highest BCUT2D eigenvalue weighted by Gasteiger charge is 2.12. The van der Waals surface area contributed by atoms with Gasteiger partial charge in [-0.25, -0.2) is 9.78 Å². The zero-order valence-corrected chi connectivity index (χ0v) is 16.2. The third-order valence-electron chi connectivity index (χ3n) is 4.04. The van der Waals surface area contributed by atoms with Crippen molar-refractivity contribution in [2.24, 2.45) is 0 Å². The van der Waals surface area contributed by atoms with E-state index in [1.165, 1.54) is 35.6 Å². The van der Waals surface area contributed by atoms with E-state index >= 15 is 0 Å². The van der Waals surface area contributed by atoms with Crippen molar-refractivity contribution in [2.75, 3.05) is 5.32 Å². The first-order valence-corrected chi connectivity index (χ1v) is 9.67. The summed E-state index contributed by atoms with van der Waals surface area (Å²) < 4.78 is 5.38. The molecule has 148 valence electrons. The van der Waals surface area contributed by atoms with E-state index in [2.05, 4.69) is 15.3 Å². The summed E-state index contributed by atoms with van der Waals surface area (Å²) in [6.07, 6.45) is 1.71. The Bertz CT molecular complexity index is 1190. The molecule has 0 radical (unpaired) electrons. The molecule has 8 nitrogen and oxygen atoms in total. The van der Waals surface area contributed by atoms with E-state index in [0.717, 1.165) is 11.4 Å². The van der Waals surface area contributed by atoms with Crippen molar-refractivity contribution in [1.29, 1.82) is 0 Å². The summed E-state index contributed by atoms with van der Waals surface area (Å²) in [6.45, 7) is 0. The number of benzene rings is 2. The molecule has 0 spiro atoms. The summed E-state index contributed by atoms with van der Waals surface area (Å²) in [7, 11) is 0. The second-order valence-electron chi connectivity index (χ2n) is 6.10. The van der Waals surface area contributed by atoms with E-state index in [1.54, 1.807) is 24.4 Å². The minimum atomic E-state index is -0.603. The molecule has 0 unspecified atom stereocenters. The van der Waals surface area contributed by atoms with Crippen molar-refractivity contribution in [3.63, 3.8) is 0 Å². The van der Waals surface area contributed by atoms with E-state index in [9.17, 15) is 14.9 Å². The number of nitro benzene ring substituents is 1. The van der Waals surface area contributed by atoms with E-state index in [-0.39, 0.29) is 11.3 Å². The number of hydrogen-bond acceptors (Lipinski definition) is 8. The fraction of sp³-hybridized carbons (Fsp3) is 0. The van der Waals surface area contributed by atoms with Gasteiger partial charge >= 0.3 is 5.97 Å². The number of hydrogen-bond donors (Lipinski definition) is 1. The molecule has 4 rings (SSSR count). The lowest BCUT2D eigenvalue weighted by molar-refractivity contribution is -0.384. The van der Waals surface area contributed by atoms with Gasteiger partial charge in [0, 0.05) is 35.5 Å². The normalized spacial score (nSPS) is 10.4. The molecule has 1 N–H and O–H groups in total. The molecule has 2 aromatic heterocycles. The van der Waals surface area contributed by atoms with Crippen molar-refractivity contribution in [3.8, 4) is 17.1 Å². The third-order valence-corrected chi connectivity index (χ3v) is 4.80. The lowest BCUT2D eigenvalue weighted by Gasteiger charge is -2.07. The number of esters is 1. The number of ether oxygens (including phenoxy) is 1. The van der Waals surface area contributed by atoms with Gasteiger partial charge < -0.3 is 10.1 Å². The first-order valence-electron chi connectivity index (χ1n) is 8.79. The molecule has 9 heteroatoms. The van der Waals surface area contributed by atoms with Gasteiger partial charge in [-0.15, -0.1) is 11.3 Å². The number of nitrogens with zero attached hydrogens (tertiary/aromatic N) is 3. The van der Waals surface area contributed by atoms with Crippen molar-refractivity contribution in [2.45, 2.75) is 0 Å². The van der Waals surface area contributed by atoms with Gasteiger partial charge in [-0.05, 0) is 36.4 Å². The molecular weight excluding hydrogens is 404 g/mol. The molecule has 4 aromatic rings. The molecule has 0 fully saturated rings. The van der Waals surface area contributed by atoms with Crippen LogP contribution in [-0.2, 0) is 0 Å². The average molecular weight is 418 g/mol. The Morgan fingerprint density at radius 1 is 1.03 bits per heavy atom. The van der Waals surface area contributed by atoms with Gasteiger partial charge in [-0.2, -0.15) is 0 Å². The number of anilines is 2. The molecule has 0 aliphatic carbocycles. The van der Waals surface area contributed by atoms with Crippen LogP contribution in [0.4, 0.5) is 16.5 Å². The quantitative estimate of drug-likeness (QED) is 0.201. The fourth-order valence-electron chi connectivity index (χ4n) is 2.61. The van der Waals surface area contributed by atoms with Crippen LogP contribution in [0.2, 0.25) is 0 Å². The third kappa shape index (κ3) is 4.47. The maximum Gasteiger partial charge on any atom is 0.343 e. The maximum atomic E-state index is 12.3. The zero-order chi connectivity index (χ0) is 20.9. The Labute approximate surface area is 175 Å². The molecule has 0 aliphatic heterocycles. The van der Waals surface area contributed by atoms with Crippen LogP contribution in [0, 0.1) is 10.1 Å². The lowest BCUT2D eigenvalue weighted by atomic mass is 10.2. The number of rotatable bonds is 6. The van der Waals surface area contributed by atoms with Gasteiger partial charge in [-0.3, -0.25) is 15.1 Å². The van der Waals surface area contributed by atoms with Crippen LogP contribution in [0.1, 0.15) is 10.4 Å². The second-order valence-corrected chi connectivity index (χ2v) is 6.96. The van der Waals surface area contributed by atoms with Crippen molar-refractivity contribution < 1.29 is 14.5 Å². The number of carbonyl (C=O) groups is 1. The van der Waals surface area contributed by atoms with E-state index in [1.807, 2.05) is 29.6 Å². The van der Waals surface area contributed by atoms with Gasteiger partial charge in [0.25, 0.3) is 5.69 Å². The first kappa shape index (κ1) is 19.2. The van der Waals surface area contributed by atoms with Crippen molar-refractivity contribution >= 4 is 33.8 Å². The highest BCUT2D eigenvalue weighted by atomic mass is 32.1. The Hall–Kier alpha value is -4.11. The number of thiazole rings is 1.